The summed E-state index contributed by atoms with van der Waals surface area (Å²) in [6.45, 7) is 3.34. The van der Waals surface area contributed by atoms with Gasteiger partial charge in [0.05, 0.1) is 45.2 Å². The van der Waals surface area contributed by atoms with Crippen LogP contribution in [0.15, 0.2) is 91.0 Å². The first kappa shape index (κ1) is 29.9. The summed E-state index contributed by atoms with van der Waals surface area (Å²) in [6.07, 6.45) is -2.04. The Morgan fingerprint density at radius 2 is 1.13 bits per heavy atom. The second-order valence-electron chi connectivity index (χ2n) is 8.96. The lowest BCUT2D eigenvalue weighted by atomic mass is 9.89. The van der Waals surface area contributed by atoms with E-state index < -0.39 is 24.6 Å². The van der Waals surface area contributed by atoms with Crippen LogP contribution in [0.4, 0.5) is 0 Å². The largest absolute Gasteiger partial charge is 0.397 e. The summed E-state index contributed by atoms with van der Waals surface area (Å²) in [4.78, 5) is 0. The van der Waals surface area contributed by atoms with Gasteiger partial charge in [0.25, 0.3) is 0 Å². The van der Waals surface area contributed by atoms with Gasteiger partial charge in [0.1, 0.15) is 6.10 Å². The van der Waals surface area contributed by atoms with Gasteiger partial charge in [-0.25, -0.2) is 0 Å². The van der Waals surface area contributed by atoms with Crippen LogP contribution in [0.3, 0.4) is 0 Å². The number of methoxy groups -OCH3 is 1. The number of aliphatic hydroxyl groups excluding tert-OH is 2. The molecule has 4 rings (SSSR count). The summed E-state index contributed by atoms with van der Waals surface area (Å²) >= 11 is 0. The molecule has 3 aromatic rings. The predicted molar refractivity (Wildman–Crippen MR) is 145 cm³/mol. The van der Waals surface area contributed by atoms with Crippen LogP contribution in [-0.2, 0) is 43.5 Å². The van der Waals surface area contributed by atoms with Crippen LogP contribution in [0.2, 0.25) is 0 Å². The minimum absolute atomic E-state index is 0.125. The Labute approximate surface area is 225 Å². The zero-order valence-corrected chi connectivity index (χ0v) is 22.2. The Hall–Kier alpha value is -2.62. The molecule has 7 nitrogen and oxygen atoms in total. The average molecular weight is 525 g/mol. The lowest BCUT2D eigenvalue weighted by molar-refractivity contribution is -0.308. The second-order valence-corrected chi connectivity index (χ2v) is 8.96. The molecule has 3 aromatic carbocycles. The van der Waals surface area contributed by atoms with Gasteiger partial charge >= 0.3 is 0 Å². The summed E-state index contributed by atoms with van der Waals surface area (Å²) in [5.41, 5.74) is 3.16. The molecule has 0 bridgehead atoms. The molecule has 0 radical (unpaired) electrons. The van der Waals surface area contributed by atoms with Crippen LogP contribution < -0.4 is 0 Å². The molecule has 0 unspecified atom stereocenters. The number of benzene rings is 3. The molecule has 1 saturated heterocycles. The topological polar surface area (TPSA) is 86.6 Å². The van der Waals surface area contributed by atoms with E-state index in [4.69, 9.17) is 28.8 Å². The highest BCUT2D eigenvalue weighted by Crippen LogP contribution is 2.32. The van der Waals surface area contributed by atoms with Gasteiger partial charge in [0, 0.05) is 19.6 Å². The van der Waals surface area contributed by atoms with Crippen LogP contribution in [0, 0.1) is 5.92 Å². The highest BCUT2D eigenvalue weighted by atomic mass is 16.7. The summed E-state index contributed by atoms with van der Waals surface area (Å²) in [6, 6.07) is 29.9. The fraction of sp³-hybridized carbons (Fsp3) is 0.419. The van der Waals surface area contributed by atoms with Crippen molar-refractivity contribution in [2.24, 2.45) is 5.92 Å². The molecule has 2 N–H and O–H groups in total. The second kappa shape index (κ2) is 17.1. The lowest BCUT2D eigenvalue weighted by Gasteiger charge is -2.45. The molecule has 206 valence electrons. The van der Waals surface area contributed by atoms with Gasteiger partial charge in [-0.1, -0.05) is 91.0 Å². The molecule has 1 aliphatic heterocycles. The summed E-state index contributed by atoms with van der Waals surface area (Å²) in [5, 5.41) is 18.0. The normalized spacial score (nSPS) is 22.9. The Kier molecular flexibility index (Phi) is 13.4. The molecule has 0 aromatic heterocycles. The molecular weight excluding hydrogens is 484 g/mol. The molecule has 5 atom stereocenters. The van der Waals surface area contributed by atoms with Crippen molar-refractivity contribution in [3.05, 3.63) is 108 Å². The maximum atomic E-state index is 10.4. The van der Waals surface area contributed by atoms with Crippen LogP contribution in [0.5, 0.6) is 0 Å². The van der Waals surface area contributed by atoms with E-state index in [-0.39, 0.29) is 19.1 Å². The predicted octanol–water partition coefficient (Wildman–Crippen LogP) is 4.35. The van der Waals surface area contributed by atoms with Crippen molar-refractivity contribution in [3.63, 3.8) is 0 Å². The molecule has 0 spiro atoms. The maximum Gasteiger partial charge on any atom is 0.186 e. The fourth-order valence-electron chi connectivity index (χ4n) is 4.33. The van der Waals surface area contributed by atoms with Gasteiger partial charge in [-0.15, -0.1) is 0 Å². The fourth-order valence-corrected chi connectivity index (χ4v) is 4.33. The third-order valence-corrected chi connectivity index (χ3v) is 6.21. The van der Waals surface area contributed by atoms with Crippen molar-refractivity contribution in [3.8, 4) is 0 Å². The minimum Gasteiger partial charge on any atom is -0.397 e. The Morgan fingerprint density at radius 3 is 1.58 bits per heavy atom. The van der Waals surface area contributed by atoms with Crippen molar-refractivity contribution in [2.75, 3.05) is 26.9 Å². The smallest absolute Gasteiger partial charge is 0.186 e. The number of hydrogen-bond acceptors (Lipinski definition) is 7. The van der Waals surface area contributed by atoms with E-state index in [2.05, 4.69) is 0 Å². The number of hydrogen-bond donors (Lipinski definition) is 2. The van der Waals surface area contributed by atoms with Gasteiger partial charge in [0.2, 0.25) is 0 Å². The molecule has 1 heterocycles. The molecule has 1 aliphatic rings. The van der Waals surface area contributed by atoms with E-state index in [0.717, 1.165) is 16.7 Å². The monoisotopic (exact) mass is 524 g/mol. The minimum atomic E-state index is -0.660. The van der Waals surface area contributed by atoms with E-state index >= 15 is 0 Å². The lowest BCUT2D eigenvalue weighted by Crippen LogP contribution is -2.59. The number of rotatable bonds is 12. The first-order valence-electron chi connectivity index (χ1n) is 13.0. The molecule has 0 saturated carbocycles. The van der Waals surface area contributed by atoms with Gasteiger partial charge in [-0.2, -0.15) is 0 Å². The molecule has 0 aliphatic carbocycles. The van der Waals surface area contributed by atoms with Crippen molar-refractivity contribution < 1.29 is 33.9 Å². The third kappa shape index (κ3) is 9.29. The molecule has 38 heavy (non-hydrogen) atoms. The van der Waals surface area contributed by atoms with Crippen LogP contribution in [0.25, 0.3) is 0 Å². The Balaban J connectivity index is 0.00000127. The summed E-state index contributed by atoms with van der Waals surface area (Å²) in [5.74, 6) is -0.346. The third-order valence-electron chi connectivity index (χ3n) is 6.21. The van der Waals surface area contributed by atoms with E-state index in [9.17, 15) is 5.11 Å². The molecular formula is C31H40O7. The van der Waals surface area contributed by atoms with E-state index in [1.807, 2.05) is 91.0 Å². The summed E-state index contributed by atoms with van der Waals surface area (Å²) in [7, 11) is 1.60. The number of aliphatic hydroxyl groups is 2. The number of ether oxygens (including phenoxy) is 5. The van der Waals surface area contributed by atoms with E-state index in [0.29, 0.717) is 26.4 Å². The average Bonchev–Trinajstić information content (AvgIpc) is 2.97. The van der Waals surface area contributed by atoms with Gasteiger partial charge in [-0.3, -0.25) is 0 Å². The molecule has 7 heteroatoms. The zero-order chi connectivity index (χ0) is 27.0. The standard InChI is InChI=1S/C29H34O6.C2H6O/c1-31-29-28(34-20-24-15-9-4-10-16-24)27(33-19-23-13-7-3-8-14-23)25(17-30)26(35-29)21-32-18-22-11-5-2-6-12-22;1-2-3/h2-16,25-30H,17-21H2,1H3;3H,2H2,1H3/t25-,26-,27+,28-,29+;/m1./s1. The first-order valence-corrected chi connectivity index (χ1v) is 13.0. The SMILES string of the molecule is CCO.CO[C@H]1O[C@H](COCc2ccccc2)[C@@H](CO)[C@H](OCc2ccccc2)[C@H]1OCc1ccccc1. The van der Waals surface area contributed by atoms with Crippen LogP contribution >= 0.6 is 0 Å². The van der Waals surface area contributed by atoms with Crippen molar-refractivity contribution in [2.45, 2.75) is 51.3 Å². The van der Waals surface area contributed by atoms with Crippen LogP contribution in [-0.4, -0.2) is 61.7 Å². The van der Waals surface area contributed by atoms with Crippen molar-refractivity contribution in [1.82, 2.24) is 0 Å². The zero-order valence-electron chi connectivity index (χ0n) is 22.2. The summed E-state index contributed by atoms with van der Waals surface area (Å²) < 4.78 is 30.6. The Morgan fingerprint density at radius 1 is 0.684 bits per heavy atom. The van der Waals surface area contributed by atoms with E-state index in [1.54, 1.807) is 14.0 Å². The Bertz CT molecular complexity index is 987. The van der Waals surface area contributed by atoms with Crippen molar-refractivity contribution >= 4 is 0 Å². The van der Waals surface area contributed by atoms with Gasteiger partial charge in [-0.05, 0) is 23.6 Å². The molecule has 1 fully saturated rings. The van der Waals surface area contributed by atoms with E-state index in [1.165, 1.54) is 0 Å². The molecule has 0 amide bonds. The maximum absolute atomic E-state index is 10.4. The van der Waals surface area contributed by atoms with Gasteiger partial charge in [0.15, 0.2) is 6.29 Å². The van der Waals surface area contributed by atoms with Gasteiger partial charge < -0.3 is 33.9 Å². The first-order chi connectivity index (χ1) is 18.7. The highest BCUT2D eigenvalue weighted by molar-refractivity contribution is 5.15. The quantitative estimate of drug-likeness (QED) is 0.364. The van der Waals surface area contributed by atoms with Crippen LogP contribution in [0.1, 0.15) is 23.6 Å². The van der Waals surface area contributed by atoms with Crippen molar-refractivity contribution in [1.29, 1.82) is 0 Å². The highest BCUT2D eigenvalue weighted by Gasteiger charge is 2.47.